The fraction of sp³-hybridized carbons (Fsp3) is 0.348. The Hall–Kier alpha value is -2.46. The summed E-state index contributed by atoms with van der Waals surface area (Å²) in [5.41, 5.74) is 4.27. The first-order chi connectivity index (χ1) is 14.8. The van der Waals surface area contributed by atoms with Crippen LogP contribution in [0.1, 0.15) is 18.2 Å². The van der Waals surface area contributed by atoms with Crippen molar-refractivity contribution in [2.24, 2.45) is 4.99 Å². The number of hydrogen-bond acceptors (Lipinski definition) is 5. The molecule has 1 aromatic carbocycles. The van der Waals surface area contributed by atoms with Gasteiger partial charge in [0.05, 0.1) is 17.9 Å². The molecule has 0 spiro atoms. The Labute approximate surface area is 200 Å². The second-order valence-electron chi connectivity index (χ2n) is 7.34. The minimum Gasteiger partial charge on any atom is -0.364 e. The molecule has 1 aliphatic rings. The van der Waals surface area contributed by atoms with Crippen LogP contribution in [-0.2, 0) is 13.1 Å². The zero-order valence-electron chi connectivity index (χ0n) is 17.8. The van der Waals surface area contributed by atoms with E-state index in [1.165, 1.54) is 5.56 Å². The lowest BCUT2D eigenvalue weighted by Crippen LogP contribution is -2.52. The molecule has 1 saturated heterocycles. The summed E-state index contributed by atoms with van der Waals surface area (Å²) in [4.78, 5) is 14.1. The van der Waals surface area contributed by atoms with Crippen LogP contribution in [0.4, 0.5) is 0 Å². The zero-order chi connectivity index (χ0) is 20.6. The molecule has 0 saturated carbocycles. The largest absolute Gasteiger partial charge is 0.364 e. The Morgan fingerprint density at radius 1 is 1.10 bits per heavy atom. The van der Waals surface area contributed by atoms with Crippen LogP contribution in [0.5, 0.6) is 0 Å². The molecule has 0 unspecified atom stereocenters. The van der Waals surface area contributed by atoms with E-state index < -0.39 is 0 Å². The number of aliphatic imine (C=N–C) groups is 1. The predicted octanol–water partition coefficient (Wildman–Crippen LogP) is 3.64. The molecule has 4 rings (SSSR count). The standard InChI is InChI=1S/C23H28N6O.HI/c1-2-24-23(29-13-11-28(12-14-29)18-21-9-15-30-27-21)26-17-19-6-5-7-20(16-19)22-8-3-4-10-25-22;/h3-10,15-16H,2,11-14,17-18H2,1H3,(H,24,26);1H. The Morgan fingerprint density at radius 3 is 2.68 bits per heavy atom. The summed E-state index contributed by atoms with van der Waals surface area (Å²) in [6.07, 6.45) is 3.45. The van der Waals surface area contributed by atoms with E-state index in [2.05, 4.69) is 56.4 Å². The summed E-state index contributed by atoms with van der Waals surface area (Å²) in [7, 11) is 0. The second-order valence-corrected chi connectivity index (χ2v) is 7.34. The quantitative estimate of drug-likeness (QED) is 0.297. The van der Waals surface area contributed by atoms with Gasteiger partial charge in [0.1, 0.15) is 6.26 Å². The first kappa shape index (κ1) is 23.2. The highest BCUT2D eigenvalue weighted by atomic mass is 127. The van der Waals surface area contributed by atoms with Crippen LogP contribution >= 0.6 is 24.0 Å². The number of nitrogens with zero attached hydrogens (tertiary/aromatic N) is 5. The van der Waals surface area contributed by atoms with Crippen LogP contribution in [0, 0.1) is 0 Å². The van der Waals surface area contributed by atoms with Gasteiger partial charge >= 0.3 is 0 Å². The van der Waals surface area contributed by atoms with Crippen molar-refractivity contribution in [2.45, 2.75) is 20.0 Å². The molecule has 1 fully saturated rings. The summed E-state index contributed by atoms with van der Waals surface area (Å²) in [6, 6.07) is 16.4. The molecule has 0 aliphatic carbocycles. The average Bonchev–Trinajstić information content (AvgIpc) is 3.31. The van der Waals surface area contributed by atoms with Gasteiger partial charge in [-0.05, 0) is 30.7 Å². The van der Waals surface area contributed by atoms with Crippen molar-refractivity contribution >= 4 is 29.9 Å². The summed E-state index contributed by atoms with van der Waals surface area (Å²) >= 11 is 0. The van der Waals surface area contributed by atoms with Crippen LogP contribution in [0.2, 0.25) is 0 Å². The third-order valence-electron chi connectivity index (χ3n) is 5.18. The van der Waals surface area contributed by atoms with Crippen molar-refractivity contribution in [2.75, 3.05) is 32.7 Å². The highest BCUT2D eigenvalue weighted by molar-refractivity contribution is 14.0. The topological polar surface area (TPSA) is 69.8 Å². The maximum absolute atomic E-state index is 4.94. The SMILES string of the molecule is CCNC(=NCc1cccc(-c2ccccn2)c1)N1CCN(Cc2ccon2)CC1.I. The maximum atomic E-state index is 4.94. The third-order valence-corrected chi connectivity index (χ3v) is 5.18. The van der Waals surface area contributed by atoms with E-state index in [9.17, 15) is 0 Å². The number of guanidine groups is 1. The van der Waals surface area contributed by atoms with Crippen molar-refractivity contribution in [3.8, 4) is 11.3 Å². The molecule has 3 heterocycles. The lowest BCUT2D eigenvalue weighted by Gasteiger charge is -2.36. The van der Waals surface area contributed by atoms with Crippen molar-refractivity contribution in [1.82, 2.24) is 25.3 Å². The Morgan fingerprint density at radius 2 is 1.97 bits per heavy atom. The molecule has 8 heteroatoms. The molecule has 1 N–H and O–H groups in total. The van der Waals surface area contributed by atoms with Gasteiger partial charge in [-0.1, -0.05) is 29.4 Å². The average molecular weight is 532 g/mol. The van der Waals surface area contributed by atoms with Gasteiger partial charge in [0.2, 0.25) is 0 Å². The molecule has 7 nitrogen and oxygen atoms in total. The summed E-state index contributed by atoms with van der Waals surface area (Å²) < 4.78 is 4.94. The lowest BCUT2D eigenvalue weighted by molar-refractivity contribution is 0.169. The Balaban J connectivity index is 0.00000272. The number of pyridine rings is 1. The minimum atomic E-state index is 0. The lowest BCUT2D eigenvalue weighted by atomic mass is 10.1. The number of piperazine rings is 1. The summed E-state index contributed by atoms with van der Waals surface area (Å²) in [5, 5.41) is 7.46. The van der Waals surface area contributed by atoms with Crippen molar-refractivity contribution in [1.29, 1.82) is 0 Å². The van der Waals surface area contributed by atoms with E-state index in [0.717, 1.165) is 62.2 Å². The fourth-order valence-electron chi connectivity index (χ4n) is 3.62. The number of halogens is 1. The fourth-order valence-corrected chi connectivity index (χ4v) is 3.62. The zero-order valence-corrected chi connectivity index (χ0v) is 20.1. The van der Waals surface area contributed by atoms with Gasteiger partial charge in [0.25, 0.3) is 0 Å². The highest BCUT2D eigenvalue weighted by Crippen LogP contribution is 2.18. The number of aromatic nitrogens is 2. The number of benzene rings is 1. The first-order valence-corrected chi connectivity index (χ1v) is 10.5. The molecule has 3 aromatic rings. The number of hydrogen-bond donors (Lipinski definition) is 1. The molecule has 164 valence electrons. The molecule has 0 amide bonds. The molecule has 1 aliphatic heterocycles. The highest BCUT2D eigenvalue weighted by Gasteiger charge is 2.20. The molecule has 31 heavy (non-hydrogen) atoms. The van der Waals surface area contributed by atoms with Crippen LogP contribution in [0.15, 0.2) is 70.5 Å². The van der Waals surface area contributed by atoms with Crippen LogP contribution in [0.25, 0.3) is 11.3 Å². The molecule has 2 aromatic heterocycles. The maximum Gasteiger partial charge on any atom is 0.194 e. The van der Waals surface area contributed by atoms with E-state index in [1.807, 2.05) is 30.5 Å². The second kappa shape index (κ2) is 11.8. The van der Waals surface area contributed by atoms with Gasteiger partial charge in [0.15, 0.2) is 5.96 Å². The van der Waals surface area contributed by atoms with Crippen molar-refractivity contribution in [3.63, 3.8) is 0 Å². The van der Waals surface area contributed by atoms with Crippen LogP contribution in [0.3, 0.4) is 0 Å². The van der Waals surface area contributed by atoms with Gasteiger partial charge in [-0.3, -0.25) is 9.88 Å². The van der Waals surface area contributed by atoms with Crippen LogP contribution < -0.4 is 5.32 Å². The van der Waals surface area contributed by atoms with E-state index in [4.69, 9.17) is 9.52 Å². The van der Waals surface area contributed by atoms with Crippen molar-refractivity contribution < 1.29 is 4.52 Å². The van der Waals surface area contributed by atoms with E-state index in [1.54, 1.807) is 6.26 Å². The molecular weight excluding hydrogens is 503 g/mol. The number of nitrogens with one attached hydrogen (secondary N) is 1. The van der Waals surface area contributed by atoms with E-state index >= 15 is 0 Å². The minimum absolute atomic E-state index is 0. The van der Waals surface area contributed by atoms with Gasteiger partial charge in [-0.25, -0.2) is 4.99 Å². The summed E-state index contributed by atoms with van der Waals surface area (Å²) in [6.45, 7) is 8.28. The Kier molecular flexibility index (Phi) is 8.84. The van der Waals surface area contributed by atoms with Gasteiger partial charge in [-0.15, -0.1) is 24.0 Å². The van der Waals surface area contributed by atoms with Gasteiger partial charge in [-0.2, -0.15) is 0 Å². The normalized spacial score (nSPS) is 14.9. The first-order valence-electron chi connectivity index (χ1n) is 10.5. The monoisotopic (exact) mass is 532 g/mol. The molecule has 0 atom stereocenters. The summed E-state index contributed by atoms with van der Waals surface area (Å²) in [5.74, 6) is 0.974. The van der Waals surface area contributed by atoms with Gasteiger partial charge < -0.3 is 14.7 Å². The third kappa shape index (κ3) is 6.51. The Bertz CT molecular complexity index is 940. The smallest absolute Gasteiger partial charge is 0.194 e. The molecule has 0 bridgehead atoms. The molecular formula is C23H29IN6O. The number of rotatable bonds is 6. The van der Waals surface area contributed by atoms with Crippen molar-refractivity contribution in [3.05, 3.63) is 72.2 Å². The van der Waals surface area contributed by atoms with Crippen LogP contribution in [-0.4, -0.2) is 58.6 Å². The predicted molar refractivity (Wildman–Crippen MR) is 133 cm³/mol. The van der Waals surface area contributed by atoms with Gasteiger partial charge in [0, 0.05) is 57.1 Å². The molecule has 0 radical (unpaired) electrons. The van der Waals surface area contributed by atoms with E-state index in [0.29, 0.717) is 6.54 Å². The van der Waals surface area contributed by atoms with E-state index in [-0.39, 0.29) is 24.0 Å².